The van der Waals surface area contributed by atoms with Crippen molar-refractivity contribution in [2.45, 2.75) is 45.7 Å². The molecule has 0 spiro atoms. The number of piperidine rings is 1. The number of carbonyl (C=O) groups is 1. The van der Waals surface area contributed by atoms with Crippen molar-refractivity contribution in [3.8, 4) is 5.75 Å². The minimum Gasteiger partial charge on any atom is -0.484 e. The Hall–Kier alpha value is -2.86. The van der Waals surface area contributed by atoms with Crippen molar-refractivity contribution in [3.63, 3.8) is 0 Å². The number of hydrogen-bond donors (Lipinski definition) is 1. The first kappa shape index (κ1) is 20.4. The Morgan fingerprint density at radius 3 is 2.60 bits per heavy atom. The van der Waals surface area contributed by atoms with Crippen LogP contribution in [0.2, 0.25) is 0 Å². The van der Waals surface area contributed by atoms with Crippen molar-refractivity contribution in [1.29, 1.82) is 0 Å². The number of hydrogen-bond acceptors (Lipinski definition) is 4. The molecular formula is C24H30N4O2. The molecule has 1 aliphatic rings. The van der Waals surface area contributed by atoms with Gasteiger partial charge in [-0.25, -0.2) is 4.98 Å². The van der Waals surface area contributed by atoms with Crippen molar-refractivity contribution in [2.75, 3.05) is 25.0 Å². The first-order valence-electron chi connectivity index (χ1n) is 10.8. The zero-order valence-corrected chi connectivity index (χ0v) is 17.8. The van der Waals surface area contributed by atoms with Gasteiger partial charge in [0.05, 0.1) is 17.6 Å². The van der Waals surface area contributed by atoms with Crippen LogP contribution in [-0.2, 0) is 11.3 Å². The molecule has 1 fully saturated rings. The van der Waals surface area contributed by atoms with E-state index in [9.17, 15) is 4.79 Å². The van der Waals surface area contributed by atoms with Gasteiger partial charge in [-0.05, 0) is 70.1 Å². The van der Waals surface area contributed by atoms with Crippen LogP contribution < -0.4 is 10.1 Å². The predicted molar refractivity (Wildman–Crippen MR) is 120 cm³/mol. The van der Waals surface area contributed by atoms with Crippen molar-refractivity contribution >= 4 is 22.6 Å². The second-order valence-corrected chi connectivity index (χ2v) is 8.18. The standard InChI is InChI=1S/C24H30N4O2/c1-18(2)28-22-12-11-19(25-24(29)17-30-20-9-5-3-6-10-20)15-21(22)26-23(28)16-27-13-7-4-8-14-27/h3,5-6,9-12,15,18H,4,7-8,13-14,16-17H2,1-2H3,(H,25,29). The Bertz CT molecular complexity index is 991. The lowest BCUT2D eigenvalue weighted by Gasteiger charge is -2.26. The molecular weight excluding hydrogens is 376 g/mol. The number of nitrogens with one attached hydrogen (secondary N) is 1. The van der Waals surface area contributed by atoms with Crippen LogP contribution in [0.4, 0.5) is 5.69 Å². The van der Waals surface area contributed by atoms with Gasteiger partial charge in [0.15, 0.2) is 6.61 Å². The van der Waals surface area contributed by atoms with Crippen LogP contribution in [0.3, 0.4) is 0 Å². The number of likely N-dealkylation sites (tertiary alicyclic amines) is 1. The van der Waals surface area contributed by atoms with Crippen molar-refractivity contribution in [3.05, 3.63) is 54.4 Å². The largest absolute Gasteiger partial charge is 0.484 e. The molecule has 30 heavy (non-hydrogen) atoms. The maximum Gasteiger partial charge on any atom is 0.262 e. The number of amides is 1. The summed E-state index contributed by atoms with van der Waals surface area (Å²) < 4.78 is 7.84. The zero-order chi connectivity index (χ0) is 20.9. The molecule has 0 saturated carbocycles. The van der Waals surface area contributed by atoms with Crippen LogP contribution in [0.5, 0.6) is 5.75 Å². The number of ether oxygens (including phenoxy) is 1. The summed E-state index contributed by atoms with van der Waals surface area (Å²) in [7, 11) is 0. The highest BCUT2D eigenvalue weighted by Gasteiger charge is 2.18. The van der Waals surface area contributed by atoms with Gasteiger partial charge in [-0.1, -0.05) is 24.6 Å². The first-order chi connectivity index (χ1) is 14.6. The quantitative estimate of drug-likeness (QED) is 0.622. The molecule has 0 unspecified atom stereocenters. The van der Waals surface area contributed by atoms with Gasteiger partial charge in [0.25, 0.3) is 5.91 Å². The molecule has 1 aliphatic heterocycles. The van der Waals surface area contributed by atoms with Gasteiger partial charge in [0, 0.05) is 11.7 Å². The highest BCUT2D eigenvalue weighted by Crippen LogP contribution is 2.25. The second kappa shape index (κ2) is 9.30. The molecule has 1 aromatic heterocycles. The van der Waals surface area contributed by atoms with Crippen LogP contribution in [-0.4, -0.2) is 40.1 Å². The van der Waals surface area contributed by atoms with E-state index in [0.717, 1.165) is 42.2 Å². The van der Waals surface area contributed by atoms with E-state index in [0.29, 0.717) is 11.8 Å². The summed E-state index contributed by atoms with van der Waals surface area (Å²) >= 11 is 0. The Morgan fingerprint density at radius 2 is 1.87 bits per heavy atom. The number of carbonyl (C=O) groups excluding carboxylic acids is 1. The number of nitrogens with zero attached hydrogens (tertiary/aromatic N) is 3. The molecule has 2 heterocycles. The molecule has 6 nitrogen and oxygen atoms in total. The Kier molecular flexibility index (Phi) is 6.33. The number of rotatable bonds is 7. The number of aromatic nitrogens is 2. The molecule has 0 atom stereocenters. The van der Waals surface area contributed by atoms with E-state index in [-0.39, 0.29) is 12.5 Å². The van der Waals surface area contributed by atoms with E-state index in [1.807, 2.05) is 42.5 Å². The van der Waals surface area contributed by atoms with E-state index >= 15 is 0 Å². The van der Waals surface area contributed by atoms with E-state index in [1.54, 1.807) is 0 Å². The molecule has 2 aromatic carbocycles. The van der Waals surface area contributed by atoms with Gasteiger partial charge in [-0.2, -0.15) is 0 Å². The normalized spacial score (nSPS) is 14.9. The van der Waals surface area contributed by atoms with Crippen LogP contribution in [0, 0.1) is 0 Å². The SMILES string of the molecule is CC(C)n1c(CN2CCCCC2)nc2cc(NC(=O)COc3ccccc3)ccc21. The third-order valence-electron chi connectivity index (χ3n) is 5.49. The molecule has 1 N–H and O–H groups in total. The fraction of sp³-hybridized carbons (Fsp3) is 0.417. The van der Waals surface area contributed by atoms with Gasteiger partial charge in [-0.3, -0.25) is 9.69 Å². The van der Waals surface area contributed by atoms with Gasteiger partial charge in [-0.15, -0.1) is 0 Å². The highest BCUT2D eigenvalue weighted by atomic mass is 16.5. The van der Waals surface area contributed by atoms with E-state index in [2.05, 4.69) is 34.7 Å². The zero-order valence-electron chi connectivity index (χ0n) is 17.8. The molecule has 158 valence electrons. The smallest absolute Gasteiger partial charge is 0.262 e. The summed E-state index contributed by atoms with van der Waals surface area (Å²) in [4.78, 5) is 19.7. The molecule has 4 rings (SSSR count). The van der Waals surface area contributed by atoms with Crippen LogP contribution in [0.25, 0.3) is 11.0 Å². The summed E-state index contributed by atoms with van der Waals surface area (Å²) in [5.74, 6) is 1.59. The molecule has 0 aliphatic carbocycles. The Labute approximate surface area is 177 Å². The first-order valence-corrected chi connectivity index (χ1v) is 10.8. The van der Waals surface area contributed by atoms with Crippen LogP contribution in [0.15, 0.2) is 48.5 Å². The molecule has 6 heteroatoms. The third-order valence-corrected chi connectivity index (χ3v) is 5.49. The van der Waals surface area contributed by atoms with Gasteiger partial charge in [0.2, 0.25) is 0 Å². The summed E-state index contributed by atoms with van der Waals surface area (Å²) in [6.07, 6.45) is 3.86. The van der Waals surface area contributed by atoms with Crippen LogP contribution >= 0.6 is 0 Å². The summed E-state index contributed by atoms with van der Waals surface area (Å²) in [6.45, 7) is 7.52. The lowest BCUT2D eigenvalue weighted by molar-refractivity contribution is -0.118. The lowest BCUT2D eigenvalue weighted by atomic mass is 10.1. The maximum absolute atomic E-state index is 12.3. The highest BCUT2D eigenvalue weighted by molar-refractivity contribution is 5.94. The molecule has 1 saturated heterocycles. The summed E-state index contributed by atoms with van der Waals surface area (Å²) in [6, 6.07) is 15.6. The predicted octanol–water partition coefficient (Wildman–Crippen LogP) is 4.62. The van der Waals surface area contributed by atoms with E-state index in [4.69, 9.17) is 9.72 Å². The van der Waals surface area contributed by atoms with Gasteiger partial charge in [0.1, 0.15) is 11.6 Å². The maximum atomic E-state index is 12.3. The Morgan fingerprint density at radius 1 is 1.10 bits per heavy atom. The lowest BCUT2D eigenvalue weighted by Crippen LogP contribution is -2.30. The second-order valence-electron chi connectivity index (χ2n) is 8.18. The number of imidazole rings is 1. The topological polar surface area (TPSA) is 59.4 Å². The number of para-hydroxylation sites is 1. The third kappa shape index (κ3) is 4.82. The molecule has 0 bridgehead atoms. The summed E-state index contributed by atoms with van der Waals surface area (Å²) in [5.41, 5.74) is 2.76. The fourth-order valence-electron chi connectivity index (χ4n) is 4.09. The molecule has 3 aromatic rings. The van der Waals surface area contributed by atoms with Crippen molar-refractivity contribution < 1.29 is 9.53 Å². The minimum absolute atomic E-state index is 0.0251. The van der Waals surface area contributed by atoms with E-state index in [1.165, 1.54) is 19.3 Å². The summed E-state index contributed by atoms with van der Waals surface area (Å²) in [5, 5.41) is 2.92. The van der Waals surface area contributed by atoms with Crippen molar-refractivity contribution in [2.24, 2.45) is 0 Å². The average Bonchev–Trinajstić information content (AvgIpc) is 3.11. The number of fused-ring (bicyclic) bond motifs is 1. The van der Waals surface area contributed by atoms with Crippen molar-refractivity contribution in [1.82, 2.24) is 14.5 Å². The van der Waals surface area contributed by atoms with E-state index < -0.39 is 0 Å². The van der Waals surface area contributed by atoms with Gasteiger partial charge >= 0.3 is 0 Å². The minimum atomic E-state index is -0.185. The monoisotopic (exact) mass is 406 g/mol. The fourth-order valence-corrected chi connectivity index (χ4v) is 4.09. The average molecular weight is 407 g/mol. The number of anilines is 1. The molecule has 1 amide bonds. The molecule has 0 radical (unpaired) electrons. The Balaban J connectivity index is 1.48. The number of benzene rings is 2. The van der Waals surface area contributed by atoms with Crippen LogP contribution in [0.1, 0.15) is 45.0 Å². The van der Waals surface area contributed by atoms with Gasteiger partial charge < -0.3 is 14.6 Å².